The first kappa shape index (κ1) is 18.8. The minimum atomic E-state index is -0.805. The summed E-state index contributed by atoms with van der Waals surface area (Å²) in [4.78, 5) is 12.1. The van der Waals surface area contributed by atoms with Gasteiger partial charge in [0.15, 0.2) is 5.69 Å². The molecule has 4 rings (SSSR count). The van der Waals surface area contributed by atoms with E-state index < -0.39 is 6.23 Å². The van der Waals surface area contributed by atoms with Gasteiger partial charge in [-0.05, 0) is 22.4 Å². The van der Waals surface area contributed by atoms with Gasteiger partial charge in [0.25, 0.3) is 5.90 Å². The Labute approximate surface area is 168 Å². The molecule has 0 saturated carbocycles. The molecular weight excluding hydrogens is 404 g/mol. The molecule has 3 heterocycles. The summed E-state index contributed by atoms with van der Waals surface area (Å²) < 4.78 is 17.1. The number of hydrazone groups is 1. The lowest BCUT2D eigenvalue weighted by atomic mass is 10.2. The quantitative estimate of drug-likeness (QED) is 0.646. The molecule has 0 radical (unpaired) electrons. The number of carbonyl (C=O) groups is 1. The monoisotopic (exact) mass is 418 g/mol. The second-order valence-electron chi connectivity index (χ2n) is 6.00. The van der Waals surface area contributed by atoms with Gasteiger partial charge in [-0.25, -0.2) is 4.63 Å². The first-order chi connectivity index (χ1) is 14.0. The van der Waals surface area contributed by atoms with E-state index in [1.165, 1.54) is 23.7 Å². The van der Waals surface area contributed by atoms with Crippen LogP contribution in [0.4, 0.5) is 5.82 Å². The highest BCUT2D eigenvalue weighted by Gasteiger charge is 2.36. The molecule has 1 aliphatic rings. The van der Waals surface area contributed by atoms with Gasteiger partial charge in [0.05, 0.1) is 6.61 Å². The average Bonchev–Trinajstić information content (AvgIpc) is 3.40. The molecule has 1 atom stereocenters. The van der Waals surface area contributed by atoms with Crippen molar-refractivity contribution in [3.05, 3.63) is 46.2 Å². The van der Waals surface area contributed by atoms with Crippen molar-refractivity contribution in [2.75, 3.05) is 12.8 Å². The summed E-state index contributed by atoms with van der Waals surface area (Å²) in [6.45, 7) is 1.46. The Hall–Kier alpha value is -3.51. The van der Waals surface area contributed by atoms with Crippen molar-refractivity contribution >= 4 is 29.2 Å². The van der Waals surface area contributed by atoms with Gasteiger partial charge >= 0.3 is 0 Å². The largest absolute Gasteiger partial charge is 0.444 e. The van der Waals surface area contributed by atoms with Crippen molar-refractivity contribution < 1.29 is 18.9 Å². The number of benzene rings is 1. The van der Waals surface area contributed by atoms with E-state index in [2.05, 4.69) is 30.4 Å². The second kappa shape index (κ2) is 7.48. The van der Waals surface area contributed by atoms with Crippen molar-refractivity contribution in [3.8, 4) is 5.82 Å². The zero-order valence-corrected chi connectivity index (χ0v) is 16.1. The van der Waals surface area contributed by atoms with E-state index in [9.17, 15) is 4.79 Å². The van der Waals surface area contributed by atoms with E-state index in [4.69, 9.17) is 26.8 Å². The van der Waals surface area contributed by atoms with Crippen LogP contribution in [-0.4, -0.2) is 49.2 Å². The maximum Gasteiger partial charge on any atom is 0.263 e. The molecule has 1 amide bonds. The molecule has 29 heavy (non-hydrogen) atoms. The lowest BCUT2D eigenvalue weighted by molar-refractivity contribution is -0.135. The van der Waals surface area contributed by atoms with Crippen molar-refractivity contribution in [2.24, 2.45) is 5.10 Å². The van der Waals surface area contributed by atoms with Crippen LogP contribution in [0, 0.1) is 0 Å². The van der Waals surface area contributed by atoms with Gasteiger partial charge in [0.2, 0.25) is 23.8 Å². The van der Waals surface area contributed by atoms with E-state index in [0.29, 0.717) is 16.3 Å². The molecule has 0 bridgehead atoms. The summed E-state index contributed by atoms with van der Waals surface area (Å²) in [5, 5.41) is 21.4. The number of nitrogen functional groups attached to an aromatic ring is 1. The zero-order chi connectivity index (χ0) is 20.5. The van der Waals surface area contributed by atoms with E-state index in [1.54, 1.807) is 24.3 Å². The Morgan fingerprint density at radius 1 is 1.38 bits per heavy atom. The summed E-state index contributed by atoms with van der Waals surface area (Å²) in [5.41, 5.74) is 7.09. The van der Waals surface area contributed by atoms with Crippen LogP contribution >= 0.6 is 11.6 Å². The summed E-state index contributed by atoms with van der Waals surface area (Å²) in [7, 11) is 1.50. The molecule has 150 valence electrons. The number of hydrogen-bond acceptors (Lipinski definition) is 10. The topological polar surface area (TPSA) is 147 Å². The van der Waals surface area contributed by atoms with Crippen LogP contribution in [0.25, 0.3) is 5.82 Å². The van der Waals surface area contributed by atoms with Crippen LogP contribution in [0.5, 0.6) is 0 Å². The maximum atomic E-state index is 12.1. The predicted octanol–water partition coefficient (Wildman–Crippen LogP) is 1.27. The number of ether oxygens (including phenoxy) is 2. The fourth-order valence-corrected chi connectivity index (χ4v) is 2.98. The number of aromatic nitrogens is 5. The second-order valence-corrected chi connectivity index (χ2v) is 6.43. The third-order valence-corrected chi connectivity index (χ3v) is 4.28. The molecule has 2 N–H and O–H groups in total. The molecule has 3 aromatic rings. The lowest BCUT2D eigenvalue weighted by Crippen LogP contribution is -2.25. The van der Waals surface area contributed by atoms with Gasteiger partial charge in [0.1, 0.15) is 5.69 Å². The highest BCUT2D eigenvalue weighted by Crippen LogP contribution is 2.32. The molecule has 0 unspecified atom stereocenters. The molecule has 0 saturated heterocycles. The van der Waals surface area contributed by atoms with Crippen LogP contribution in [0.3, 0.4) is 0 Å². The molecular formula is C16H15ClN8O4. The van der Waals surface area contributed by atoms with Crippen LogP contribution in [0.15, 0.2) is 34.0 Å². The van der Waals surface area contributed by atoms with E-state index in [-0.39, 0.29) is 35.7 Å². The average molecular weight is 419 g/mol. The molecule has 1 aliphatic heterocycles. The Morgan fingerprint density at radius 3 is 2.86 bits per heavy atom. The third kappa shape index (κ3) is 3.39. The number of methoxy groups -OCH3 is 1. The van der Waals surface area contributed by atoms with Crippen LogP contribution in [0.1, 0.15) is 30.1 Å². The molecule has 0 aliphatic carbocycles. The normalized spacial score (nSPS) is 16.0. The highest BCUT2D eigenvalue weighted by atomic mass is 35.5. The molecule has 1 aromatic carbocycles. The van der Waals surface area contributed by atoms with Crippen molar-refractivity contribution in [3.63, 3.8) is 0 Å². The highest BCUT2D eigenvalue weighted by molar-refractivity contribution is 6.30. The Kier molecular flexibility index (Phi) is 4.86. The lowest BCUT2D eigenvalue weighted by Gasteiger charge is -2.19. The molecule has 0 spiro atoms. The number of hydrogen-bond donors (Lipinski definition) is 1. The van der Waals surface area contributed by atoms with Crippen LogP contribution in [0.2, 0.25) is 5.02 Å². The zero-order valence-electron chi connectivity index (χ0n) is 15.3. The number of carbonyl (C=O) groups excluding carboxylic acids is 1. The smallest absolute Gasteiger partial charge is 0.263 e. The van der Waals surface area contributed by atoms with Gasteiger partial charge in [-0.2, -0.15) is 9.69 Å². The van der Waals surface area contributed by atoms with Gasteiger partial charge in [0, 0.05) is 24.6 Å². The van der Waals surface area contributed by atoms with Crippen LogP contribution < -0.4 is 5.73 Å². The van der Waals surface area contributed by atoms with Crippen molar-refractivity contribution in [1.82, 2.24) is 30.3 Å². The number of rotatable bonds is 5. The standard InChI is InChI=1S/C16H15ClN8O4/c1-8(26)24-16(9-4-3-5-10(17)6-9)28-15(20-24)12-11(7-27-2)25(23-19-12)14-13(18)21-29-22-14/h3-6,16H,7H2,1-2H3,(H2,18,21)/t16-/m0/s1. The van der Waals surface area contributed by atoms with Gasteiger partial charge in [-0.1, -0.05) is 28.9 Å². The summed E-state index contributed by atoms with van der Waals surface area (Å²) in [6, 6.07) is 6.94. The van der Waals surface area contributed by atoms with Gasteiger partial charge in [-0.3, -0.25) is 4.79 Å². The molecule has 0 fully saturated rings. The minimum Gasteiger partial charge on any atom is -0.444 e. The Bertz CT molecular complexity index is 1090. The Balaban J connectivity index is 1.75. The number of nitrogens with zero attached hydrogens (tertiary/aromatic N) is 7. The third-order valence-electron chi connectivity index (χ3n) is 4.04. The summed E-state index contributed by atoms with van der Waals surface area (Å²) in [5.74, 6) is -0.0754. The summed E-state index contributed by atoms with van der Waals surface area (Å²) >= 11 is 6.07. The maximum absolute atomic E-state index is 12.1. The predicted molar refractivity (Wildman–Crippen MR) is 98.7 cm³/mol. The first-order valence-corrected chi connectivity index (χ1v) is 8.70. The number of halogens is 1. The Morgan fingerprint density at radius 2 is 2.21 bits per heavy atom. The van der Waals surface area contributed by atoms with Gasteiger partial charge < -0.3 is 15.2 Å². The SMILES string of the molecule is COCc1c(C2=NN(C(C)=O)[C@H](c3cccc(Cl)c3)O2)nnn1-c1nonc1N. The molecule has 13 heteroatoms. The fourth-order valence-electron chi connectivity index (χ4n) is 2.78. The minimum absolute atomic E-state index is 0.0234. The van der Waals surface area contributed by atoms with Gasteiger partial charge in [-0.15, -0.1) is 10.2 Å². The number of anilines is 1. The first-order valence-electron chi connectivity index (χ1n) is 8.32. The summed E-state index contributed by atoms with van der Waals surface area (Å²) in [6.07, 6.45) is -0.805. The van der Waals surface area contributed by atoms with Crippen LogP contribution in [-0.2, 0) is 20.9 Å². The van der Waals surface area contributed by atoms with E-state index in [0.717, 1.165) is 0 Å². The van der Waals surface area contributed by atoms with E-state index in [1.807, 2.05) is 0 Å². The fraction of sp³-hybridized carbons (Fsp3) is 0.250. The van der Waals surface area contributed by atoms with Crippen molar-refractivity contribution in [2.45, 2.75) is 19.8 Å². The molecule has 2 aromatic heterocycles. The number of nitrogens with two attached hydrogens (primary N) is 1. The number of amides is 1. The molecule has 12 nitrogen and oxygen atoms in total. The van der Waals surface area contributed by atoms with Crippen molar-refractivity contribution in [1.29, 1.82) is 0 Å². The van der Waals surface area contributed by atoms with E-state index >= 15 is 0 Å².